The fourth-order valence-electron chi connectivity index (χ4n) is 2.37. The molecule has 0 aromatic rings. The Hall–Kier alpha value is 0.0900. The molecule has 1 heteroatoms. The molecule has 13 heavy (non-hydrogen) atoms. The summed E-state index contributed by atoms with van der Waals surface area (Å²) in [5.74, 6) is 0. The second-order valence-corrected chi connectivity index (χ2v) is 5.90. The Morgan fingerprint density at radius 1 is 0.769 bits per heavy atom. The maximum Gasteiger partial charge on any atom is 0.00503 e. The van der Waals surface area contributed by atoms with Crippen LogP contribution < -0.4 is 0 Å². The number of hydrogen-bond donors (Lipinski definition) is 0. The van der Waals surface area contributed by atoms with E-state index in [1.54, 1.807) is 0 Å². The first-order valence-corrected chi connectivity index (χ1v) is 6.70. The van der Waals surface area contributed by atoms with E-state index in [0.717, 1.165) is 10.5 Å². The molecule has 74 valence electrons. The highest BCUT2D eigenvalue weighted by Crippen LogP contribution is 2.39. The summed E-state index contributed by atoms with van der Waals surface area (Å²) in [6.45, 7) is 0. The maximum atomic E-state index is 2.39. The van der Waals surface area contributed by atoms with Gasteiger partial charge in [-0.3, -0.25) is 0 Å². The minimum Gasteiger partial charge on any atom is -0.155 e. The third kappa shape index (κ3) is 3.05. The Morgan fingerprint density at radius 3 is 1.85 bits per heavy atom. The van der Waals surface area contributed by atoms with E-state index < -0.39 is 0 Å². The molecule has 2 aliphatic rings. The van der Waals surface area contributed by atoms with Crippen molar-refractivity contribution >= 4 is 11.8 Å². The average molecular weight is 196 g/mol. The van der Waals surface area contributed by atoms with E-state index >= 15 is 0 Å². The minimum absolute atomic E-state index is 1.01. The van der Waals surface area contributed by atoms with Crippen molar-refractivity contribution in [2.75, 3.05) is 0 Å². The lowest BCUT2D eigenvalue weighted by Gasteiger charge is -2.09. The zero-order chi connectivity index (χ0) is 8.93. The van der Waals surface area contributed by atoms with Crippen molar-refractivity contribution in [2.24, 2.45) is 0 Å². The molecule has 0 radical (unpaired) electrons. The molecule has 0 saturated carbocycles. The van der Waals surface area contributed by atoms with Crippen molar-refractivity contribution < 1.29 is 0 Å². The van der Waals surface area contributed by atoms with E-state index in [9.17, 15) is 0 Å². The van der Waals surface area contributed by atoms with Gasteiger partial charge in [0.05, 0.1) is 0 Å². The van der Waals surface area contributed by atoms with E-state index in [0.29, 0.717) is 0 Å². The van der Waals surface area contributed by atoms with E-state index in [1.165, 1.54) is 51.4 Å². The fraction of sp³-hybridized carbons (Fsp3) is 0.833. The monoisotopic (exact) mass is 196 g/mol. The van der Waals surface area contributed by atoms with Gasteiger partial charge in [0, 0.05) is 10.5 Å². The largest absolute Gasteiger partial charge is 0.155 e. The third-order valence-corrected chi connectivity index (χ3v) is 4.87. The molecule has 0 aromatic heterocycles. The van der Waals surface area contributed by atoms with Gasteiger partial charge in [0.15, 0.2) is 0 Å². The molecule has 0 nitrogen and oxygen atoms in total. The van der Waals surface area contributed by atoms with Gasteiger partial charge in [-0.25, -0.2) is 0 Å². The van der Waals surface area contributed by atoms with Crippen LogP contribution in [-0.4, -0.2) is 10.5 Å². The number of rotatable bonds is 0. The first-order valence-electron chi connectivity index (χ1n) is 5.75. The Balaban J connectivity index is 1.85. The summed E-state index contributed by atoms with van der Waals surface area (Å²) in [6, 6.07) is 0. The third-order valence-electron chi connectivity index (χ3n) is 3.16. The Labute approximate surface area is 86.2 Å². The van der Waals surface area contributed by atoms with Crippen molar-refractivity contribution in [3.63, 3.8) is 0 Å². The first-order chi connectivity index (χ1) is 6.45. The highest BCUT2D eigenvalue weighted by Gasteiger charge is 2.24. The Bertz CT molecular complexity index is 156. The SMILES string of the molecule is C1=C/CCCC2CCC(CCC/1)S2. The van der Waals surface area contributed by atoms with Crippen LogP contribution in [0.15, 0.2) is 12.2 Å². The Morgan fingerprint density at radius 2 is 1.31 bits per heavy atom. The maximum absolute atomic E-state index is 2.39. The van der Waals surface area contributed by atoms with E-state index in [2.05, 4.69) is 23.9 Å². The molecule has 2 aliphatic heterocycles. The second kappa shape index (κ2) is 5.09. The summed E-state index contributed by atoms with van der Waals surface area (Å²) in [4.78, 5) is 0. The second-order valence-electron chi connectivity index (χ2n) is 4.29. The highest BCUT2D eigenvalue weighted by atomic mass is 32.2. The molecule has 0 N–H and O–H groups in total. The van der Waals surface area contributed by atoms with Crippen molar-refractivity contribution in [3.05, 3.63) is 12.2 Å². The van der Waals surface area contributed by atoms with Gasteiger partial charge in [-0.15, -0.1) is 0 Å². The summed E-state index contributed by atoms with van der Waals surface area (Å²) >= 11 is 2.29. The molecule has 1 fully saturated rings. The van der Waals surface area contributed by atoms with Crippen LogP contribution in [0.25, 0.3) is 0 Å². The van der Waals surface area contributed by atoms with Gasteiger partial charge in [0.25, 0.3) is 0 Å². The van der Waals surface area contributed by atoms with Crippen LogP contribution in [-0.2, 0) is 0 Å². The molecule has 2 atom stereocenters. The Kier molecular flexibility index (Phi) is 3.77. The summed E-state index contributed by atoms with van der Waals surface area (Å²) < 4.78 is 0. The lowest BCUT2D eigenvalue weighted by atomic mass is 10.0. The molecule has 2 rings (SSSR count). The van der Waals surface area contributed by atoms with Gasteiger partial charge in [-0.1, -0.05) is 12.2 Å². The van der Waals surface area contributed by atoms with E-state index in [1.807, 2.05) is 0 Å². The molecular formula is C12H20S. The van der Waals surface area contributed by atoms with E-state index in [-0.39, 0.29) is 0 Å². The summed E-state index contributed by atoms with van der Waals surface area (Å²) in [5, 5.41) is 2.02. The van der Waals surface area contributed by atoms with Crippen molar-refractivity contribution in [1.82, 2.24) is 0 Å². The van der Waals surface area contributed by atoms with Gasteiger partial charge < -0.3 is 0 Å². The minimum atomic E-state index is 1.01. The van der Waals surface area contributed by atoms with Crippen LogP contribution in [0, 0.1) is 0 Å². The van der Waals surface area contributed by atoms with Gasteiger partial charge >= 0.3 is 0 Å². The normalized spacial score (nSPS) is 38.2. The zero-order valence-electron chi connectivity index (χ0n) is 8.37. The average Bonchev–Trinajstić information content (AvgIpc) is 2.52. The van der Waals surface area contributed by atoms with Crippen LogP contribution in [0.4, 0.5) is 0 Å². The molecular weight excluding hydrogens is 176 g/mol. The van der Waals surface area contributed by atoms with Gasteiger partial charge in [-0.05, 0) is 51.4 Å². The molecule has 0 amide bonds. The van der Waals surface area contributed by atoms with Crippen molar-refractivity contribution in [1.29, 1.82) is 0 Å². The lowest BCUT2D eigenvalue weighted by Crippen LogP contribution is -1.97. The van der Waals surface area contributed by atoms with Crippen LogP contribution >= 0.6 is 11.8 Å². The summed E-state index contributed by atoms with van der Waals surface area (Å²) in [7, 11) is 0. The molecule has 2 unspecified atom stereocenters. The lowest BCUT2D eigenvalue weighted by molar-refractivity contribution is 0.624. The fourth-order valence-corrected chi connectivity index (χ4v) is 4.06. The zero-order valence-corrected chi connectivity index (χ0v) is 9.19. The van der Waals surface area contributed by atoms with Gasteiger partial charge in [-0.2, -0.15) is 11.8 Å². The molecule has 2 bridgehead atoms. The summed E-state index contributed by atoms with van der Waals surface area (Å²) in [6.07, 6.45) is 16.2. The number of fused-ring (bicyclic) bond motifs is 2. The van der Waals surface area contributed by atoms with Crippen molar-refractivity contribution in [2.45, 2.75) is 61.9 Å². The number of thioether (sulfide) groups is 1. The quantitative estimate of drug-likeness (QED) is 0.524. The summed E-state index contributed by atoms with van der Waals surface area (Å²) in [5.41, 5.74) is 0. The molecule has 0 spiro atoms. The van der Waals surface area contributed by atoms with Gasteiger partial charge in [0.2, 0.25) is 0 Å². The standard InChI is InChI=1S/C12H20S/c1-2-4-6-8-12-10-9-11(13-12)7-5-3-1/h1-2,11-12H,3-10H2/b2-1+. The molecule has 2 heterocycles. The molecule has 0 aromatic carbocycles. The topological polar surface area (TPSA) is 0 Å². The van der Waals surface area contributed by atoms with Crippen LogP contribution in [0.1, 0.15) is 51.4 Å². The predicted octanol–water partition coefficient (Wildman–Crippen LogP) is 4.16. The highest BCUT2D eigenvalue weighted by molar-refractivity contribution is 8.00. The smallest absolute Gasteiger partial charge is 0.00503 e. The van der Waals surface area contributed by atoms with Crippen molar-refractivity contribution in [3.8, 4) is 0 Å². The van der Waals surface area contributed by atoms with Gasteiger partial charge in [0.1, 0.15) is 0 Å². The van der Waals surface area contributed by atoms with Crippen LogP contribution in [0.5, 0.6) is 0 Å². The van der Waals surface area contributed by atoms with Crippen LogP contribution in [0.2, 0.25) is 0 Å². The predicted molar refractivity (Wildman–Crippen MR) is 61.2 cm³/mol. The first kappa shape index (κ1) is 9.64. The number of allylic oxidation sites excluding steroid dienone is 2. The molecule has 1 saturated heterocycles. The molecule has 0 aliphatic carbocycles. The number of hydrogen-bond acceptors (Lipinski definition) is 1. The van der Waals surface area contributed by atoms with E-state index in [4.69, 9.17) is 0 Å². The van der Waals surface area contributed by atoms with Crippen LogP contribution in [0.3, 0.4) is 0 Å².